The fourth-order valence-electron chi connectivity index (χ4n) is 1.69. The van der Waals surface area contributed by atoms with E-state index in [1.54, 1.807) is 39.3 Å². The number of likely N-dealkylation sites (N-methyl/N-ethyl adjacent to an activating group) is 2. The Morgan fingerprint density at radius 1 is 1.24 bits per heavy atom. The Bertz CT molecular complexity index is 597. The van der Waals surface area contributed by atoms with Gasteiger partial charge in [-0.1, -0.05) is 17.9 Å². The molecule has 112 valence electrons. The van der Waals surface area contributed by atoms with Crippen LogP contribution in [-0.2, 0) is 4.79 Å². The van der Waals surface area contributed by atoms with E-state index in [0.717, 1.165) is 5.56 Å². The Kier molecular flexibility index (Phi) is 5.94. The molecule has 1 rings (SSSR count). The average molecular weight is 288 g/mol. The van der Waals surface area contributed by atoms with E-state index in [1.165, 1.54) is 9.80 Å². The molecule has 0 spiro atoms. The molecule has 0 aromatic heterocycles. The van der Waals surface area contributed by atoms with Crippen molar-refractivity contribution in [3.63, 3.8) is 0 Å². The number of carbonyl (C=O) groups is 2. The van der Waals surface area contributed by atoms with Crippen LogP contribution < -0.4 is 0 Å². The van der Waals surface area contributed by atoms with Crippen molar-refractivity contribution in [1.29, 1.82) is 0 Å². The van der Waals surface area contributed by atoms with Crippen molar-refractivity contribution < 1.29 is 14.7 Å². The molecule has 0 saturated carbocycles. The normalized spacial score (nSPS) is 9.57. The highest BCUT2D eigenvalue weighted by Crippen LogP contribution is 2.13. The number of nitrogens with zero attached hydrogens (tertiary/aromatic N) is 2. The van der Waals surface area contributed by atoms with Gasteiger partial charge in [-0.3, -0.25) is 9.59 Å². The van der Waals surface area contributed by atoms with Gasteiger partial charge < -0.3 is 14.9 Å². The number of amides is 2. The lowest BCUT2D eigenvalue weighted by atomic mass is 10.0. The van der Waals surface area contributed by atoms with E-state index in [4.69, 9.17) is 5.11 Å². The molecule has 2 amide bonds. The summed E-state index contributed by atoms with van der Waals surface area (Å²) in [5, 5.41) is 8.71. The van der Waals surface area contributed by atoms with Crippen LogP contribution in [0.25, 0.3) is 0 Å². The Balaban J connectivity index is 2.98. The number of benzene rings is 1. The third-order valence-electron chi connectivity index (χ3n) is 3.00. The van der Waals surface area contributed by atoms with Gasteiger partial charge in [-0.05, 0) is 24.6 Å². The van der Waals surface area contributed by atoms with Crippen LogP contribution in [0.1, 0.15) is 21.5 Å². The third kappa shape index (κ3) is 4.62. The minimum Gasteiger partial charge on any atom is -0.384 e. The standard InChI is InChI=1S/C16H20N2O3/c1-12-7-8-13(6-5-9-19)10-14(12)16(21)18(4)11-15(20)17(2)3/h7-8,10,19H,9,11H2,1-4H3. The monoisotopic (exact) mass is 288 g/mol. The van der Waals surface area contributed by atoms with E-state index in [-0.39, 0.29) is 25.0 Å². The molecule has 0 fully saturated rings. The Morgan fingerprint density at radius 3 is 2.48 bits per heavy atom. The second-order valence-corrected chi connectivity index (χ2v) is 4.94. The smallest absolute Gasteiger partial charge is 0.254 e. The maximum absolute atomic E-state index is 12.4. The summed E-state index contributed by atoms with van der Waals surface area (Å²) >= 11 is 0. The van der Waals surface area contributed by atoms with Crippen molar-refractivity contribution in [1.82, 2.24) is 9.80 Å². The molecule has 0 unspecified atom stereocenters. The average Bonchev–Trinajstić information content (AvgIpc) is 2.45. The largest absolute Gasteiger partial charge is 0.384 e. The second-order valence-electron chi connectivity index (χ2n) is 4.94. The van der Waals surface area contributed by atoms with Gasteiger partial charge in [-0.15, -0.1) is 0 Å². The zero-order chi connectivity index (χ0) is 16.0. The lowest BCUT2D eigenvalue weighted by Gasteiger charge is -2.20. The zero-order valence-electron chi connectivity index (χ0n) is 12.8. The molecule has 1 aromatic rings. The fourth-order valence-corrected chi connectivity index (χ4v) is 1.69. The predicted octanol–water partition coefficient (Wildman–Crippen LogP) is 0.499. The van der Waals surface area contributed by atoms with Crippen molar-refractivity contribution >= 4 is 11.8 Å². The van der Waals surface area contributed by atoms with E-state index in [0.29, 0.717) is 11.1 Å². The first-order valence-corrected chi connectivity index (χ1v) is 6.52. The molecule has 21 heavy (non-hydrogen) atoms. The molecular weight excluding hydrogens is 268 g/mol. The predicted molar refractivity (Wildman–Crippen MR) is 80.8 cm³/mol. The van der Waals surface area contributed by atoms with Crippen LogP contribution in [0.15, 0.2) is 18.2 Å². The molecule has 1 aromatic carbocycles. The van der Waals surface area contributed by atoms with Gasteiger partial charge in [0.2, 0.25) is 5.91 Å². The number of hydrogen-bond acceptors (Lipinski definition) is 3. The summed E-state index contributed by atoms with van der Waals surface area (Å²) in [6, 6.07) is 5.27. The summed E-state index contributed by atoms with van der Waals surface area (Å²) in [5.74, 6) is 4.95. The van der Waals surface area contributed by atoms with Crippen LogP contribution in [0, 0.1) is 18.8 Å². The Morgan fingerprint density at radius 2 is 1.90 bits per heavy atom. The maximum atomic E-state index is 12.4. The topological polar surface area (TPSA) is 60.9 Å². The number of aliphatic hydroxyl groups excluding tert-OH is 1. The quantitative estimate of drug-likeness (QED) is 0.824. The first-order chi connectivity index (χ1) is 9.86. The molecule has 0 heterocycles. The van der Waals surface area contributed by atoms with Crippen LogP contribution in [-0.4, -0.2) is 61.0 Å². The highest BCUT2D eigenvalue weighted by molar-refractivity contribution is 5.97. The number of hydrogen-bond donors (Lipinski definition) is 1. The van der Waals surface area contributed by atoms with E-state index in [9.17, 15) is 9.59 Å². The number of aryl methyl sites for hydroxylation is 1. The van der Waals surface area contributed by atoms with Crippen molar-refractivity contribution in [2.45, 2.75) is 6.92 Å². The summed E-state index contributed by atoms with van der Waals surface area (Å²) in [6.45, 7) is 1.63. The minimum atomic E-state index is -0.228. The molecule has 5 heteroatoms. The SMILES string of the molecule is Cc1ccc(C#CCO)cc1C(=O)N(C)CC(=O)N(C)C. The Labute approximate surface area is 125 Å². The molecule has 0 aliphatic rings. The minimum absolute atomic E-state index is 0.0256. The van der Waals surface area contributed by atoms with Gasteiger partial charge in [0.1, 0.15) is 6.61 Å². The van der Waals surface area contributed by atoms with Crippen LogP contribution in [0.3, 0.4) is 0 Å². The first kappa shape index (κ1) is 16.7. The van der Waals surface area contributed by atoms with Crippen LogP contribution in [0.5, 0.6) is 0 Å². The lowest BCUT2D eigenvalue weighted by Crippen LogP contribution is -2.38. The molecule has 0 saturated heterocycles. The number of carbonyl (C=O) groups excluding carboxylic acids is 2. The first-order valence-electron chi connectivity index (χ1n) is 6.52. The highest BCUT2D eigenvalue weighted by atomic mass is 16.2. The van der Waals surface area contributed by atoms with Crippen molar-refractivity contribution in [2.75, 3.05) is 34.3 Å². The summed E-state index contributed by atoms with van der Waals surface area (Å²) in [7, 11) is 4.89. The molecule has 0 aliphatic heterocycles. The number of rotatable bonds is 3. The van der Waals surface area contributed by atoms with E-state index >= 15 is 0 Å². The summed E-state index contributed by atoms with van der Waals surface area (Å²) in [5.41, 5.74) is 1.98. The van der Waals surface area contributed by atoms with Gasteiger partial charge in [-0.2, -0.15) is 0 Å². The van der Waals surface area contributed by atoms with Crippen LogP contribution in [0.4, 0.5) is 0 Å². The number of aliphatic hydroxyl groups is 1. The van der Waals surface area contributed by atoms with Gasteiger partial charge in [0, 0.05) is 32.3 Å². The highest BCUT2D eigenvalue weighted by Gasteiger charge is 2.17. The van der Waals surface area contributed by atoms with Crippen molar-refractivity contribution in [3.8, 4) is 11.8 Å². The zero-order valence-corrected chi connectivity index (χ0v) is 12.8. The van der Waals surface area contributed by atoms with Gasteiger partial charge in [0.25, 0.3) is 5.91 Å². The second kappa shape index (κ2) is 7.46. The van der Waals surface area contributed by atoms with Crippen LogP contribution >= 0.6 is 0 Å². The molecule has 1 N–H and O–H groups in total. The molecular formula is C16H20N2O3. The molecule has 0 atom stereocenters. The summed E-state index contributed by atoms with van der Waals surface area (Å²) in [6.07, 6.45) is 0. The van der Waals surface area contributed by atoms with Gasteiger partial charge in [0.05, 0.1) is 6.54 Å². The van der Waals surface area contributed by atoms with Gasteiger partial charge >= 0.3 is 0 Å². The molecule has 5 nitrogen and oxygen atoms in total. The van der Waals surface area contributed by atoms with E-state index in [2.05, 4.69) is 11.8 Å². The van der Waals surface area contributed by atoms with Crippen molar-refractivity contribution in [3.05, 3.63) is 34.9 Å². The third-order valence-corrected chi connectivity index (χ3v) is 3.00. The lowest BCUT2D eigenvalue weighted by molar-refractivity contribution is -0.129. The van der Waals surface area contributed by atoms with Gasteiger partial charge in [0.15, 0.2) is 0 Å². The maximum Gasteiger partial charge on any atom is 0.254 e. The summed E-state index contributed by atoms with van der Waals surface area (Å²) in [4.78, 5) is 26.9. The van der Waals surface area contributed by atoms with E-state index in [1.807, 2.05) is 6.92 Å². The van der Waals surface area contributed by atoms with Crippen LogP contribution in [0.2, 0.25) is 0 Å². The molecule has 0 aliphatic carbocycles. The Hall–Kier alpha value is -2.32. The summed E-state index contributed by atoms with van der Waals surface area (Å²) < 4.78 is 0. The van der Waals surface area contributed by atoms with Gasteiger partial charge in [-0.25, -0.2) is 0 Å². The molecule has 0 radical (unpaired) electrons. The fraction of sp³-hybridized carbons (Fsp3) is 0.375. The molecule has 0 bridgehead atoms. The van der Waals surface area contributed by atoms with E-state index < -0.39 is 0 Å². The van der Waals surface area contributed by atoms with Crippen molar-refractivity contribution in [2.24, 2.45) is 0 Å².